The molecular weight excluding hydrogens is 301 g/mol. The summed E-state index contributed by atoms with van der Waals surface area (Å²) in [5.74, 6) is -3.56. The number of aryl methyl sites for hydroxylation is 1. The first-order valence-corrected chi connectivity index (χ1v) is 6.81. The molecular formula is C10H11F3N2O4S. The van der Waals surface area contributed by atoms with Gasteiger partial charge in [-0.05, 0) is 18.6 Å². The molecule has 0 radical (unpaired) electrons. The molecule has 1 aromatic rings. The number of carbonyl (C=O) groups excluding carboxylic acids is 1. The molecule has 0 aromatic carbocycles. The largest absolute Gasteiger partial charge is 0.480 e. The van der Waals surface area contributed by atoms with Crippen molar-refractivity contribution in [2.75, 3.05) is 12.9 Å². The highest BCUT2D eigenvalue weighted by Crippen LogP contribution is 2.19. The van der Waals surface area contributed by atoms with Gasteiger partial charge in [-0.1, -0.05) is 0 Å². The second kappa shape index (κ2) is 5.65. The quantitative estimate of drug-likeness (QED) is 0.897. The second-order valence-corrected chi connectivity index (χ2v) is 5.60. The van der Waals surface area contributed by atoms with Crippen LogP contribution in [0.4, 0.5) is 13.2 Å². The number of aromatic nitrogens is 1. The molecule has 0 unspecified atom stereocenters. The maximum atomic E-state index is 12.0. The average molecular weight is 312 g/mol. The first-order valence-electron chi connectivity index (χ1n) is 5.16. The first kappa shape index (κ1) is 16.2. The second-order valence-electron chi connectivity index (χ2n) is 3.87. The molecule has 1 N–H and O–H groups in total. The highest BCUT2D eigenvalue weighted by Gasteiger charge is 2.36. The molecule has 0 bridgehead atoms. The van der Waals surface area contributed by atoms with Crippen LogP contribution in [0.5, 0.6) is 5.88 Å². The smallest absolute Gasteiger partial charge is 0.404 e. The molecule has 112 valence electrons. The fraction of sp³-hybridized carbons (Fsp3) is 0.400. The Bertz CT molecular complexity index is 613. The van der Waals surface area contributed by atoms with Crippen LogP contribution in [0.25, 0.3) is 0 Å². The van der Waals surface area contributed by atoms with Crippen LogP contribution in [0.15, 0.2) is 12.3 Å². The van der Waals surface area contributed by atoms with E-state index in [4.69, 9.17) is 4.74 Å². The molecule has 0 aliphatic heterocycles. The molecule has 0 spiro atoms. The Morgan fingerprint density at radius 2 is 2.05 bits per heavy atom. The number of methoxy groups -OCH3 is 1. The molecule has 1 aromatic heterocycles. The topological polar surface area (TPSA) is 85.4 Å². The van der Waals surface area contributed by atoms with E-state index in [9.17, 15) is 26.4 Å². The van der Waals surface area contributed by atoms with E-state index in [0.29, 0.717) is 5.56 Å². The highest BCUT2D eigenvalue weighted by atomic mass is 32.2. The van der Waals surface area contributed by atoms with Crippen molar-refractivity contribution in [2.24, 2.45) is 0 Å². The zero-order valence-corrected chi connectivity index (χ0v) is 11.3. The molecule has 0 fully saturated rings. The van der Waals surface area contributed by atoms with Gasteiger partial charge in [-0.25, -0.2) is 18.1 Å². The molecule has 0 aliphatic rings. The Labute approximate surface area is 113 Å². The van der Waals surface area contributed by atoms with Gasteiger partial charge in [-0.15, -0.1) is 0 Å². The Morgan fingerprint density at radius 1 is 1.45 bits per heavy atom. The van der Waals surface area contributed by atoms with Gasteiger partial charge in [-0.2, -0.15) is 13.2 Å². The summed E-state index contributed by atoms with van der Waals surface area (Å²) in [7, 11) is -3.64. The predicted octanol–water partition coefficient (Wildman–Crippen LogP) is 1.02. The number of rotatable bonds is 4. The maximum Gasteiger partial charge on any atom is 0.404 e. The molecule has 1 heterocycles. The lowest BCUT2D eigenvalue weighted by Gasteiger charge is -2.11. The van der Waals surface area contributed by atoms with Crippen LogP contribution >= 0.6 is 0 Å². The lowest BCUT2D eigenvalue weighted by molar-refractivity contribution is -0.106. The number of nitrogens with one attached hydrogen (secondary N) is 1. The maximum absolute atomic E-state index is 12.0. The summed E-state index contributed by atoms with van der Waals surface area (Å²) < 4.78 is 64.6. The van der Waals surface area contributed by atoms with Gasteiger partial charge in [0, 0.05) is 6.20 Å². The van der Waals surface area contributed by atoms with Gasteiger partial charge in [0.1, 0.15) is 5.56 Å². The molecule has 1 amide bonds. The van der Waals surface area contributed by atoms with Crippen molar-refractivity contribution in [2.45, 2.75) is 13.1 Å². The van der Waals surface area contributed by atoms with Gasteiger partial charge in [0.15, 0.2) is 5.75 Å². The van der Waals surface area contributed by atoms with Crippen molar-refractivity contribution >= 4 is 15.9 Å². The van der Waals surface area contributed by atoms with Crippen molar-refractivity contribution in [1.29, 1.82) is 0 Å². The van der Waals surface area contributed by atoms with Gasteiger partial charge in [0.25, 0.3) is 5.91 Å². The van der Waals surface area contributed by atoms with E-state index in [1.165, 1.54) is 24.1 Å². The minimum absolute atomic E-state index is 0.185. The number of sulfonamides is 1. The van der Waals surface area contributed by atoms with E-state index in [-0.39, 0.29) is 11.4 Å². The summed E-state index contributed by atoms with van der Waals surface area (Å²) >= 11 is 0. The minimum atomic E-state index is -4.94. The number of pyridine rings is 1. The van der Waals surface area contributed by atoms with Crippen LogP contribution in [-0.2, 0) is 10.0 Å². The van der Waals surface area contributed by atoms with Gasteiger partial charge in [-0.3, -0.25) is 4.79 Å². The number of carbonyl (C=O) groups is 1. The van der Waals surface area contributed by atoms with Crippen LogP contribution in [0.3, 0.4) is 0 Å². The Kier molecular flexibility index (Phi) is 4.58. The van der Waals surface area contributed by atoms with Crippen LogP contribution in [-0.4, -0.2) is 38.3 Å². The number of ether oxygens (including phenoxy) is 1. The predicted molar refractivity (Wildman–Crippen MR) is 62.8 cm³/mol. The lowest BCUT2D eigenvalue weighted by atomic mass is 10.2. The first-order chi connectivity index (χ1) is 9.04. The summed E-state index contributed by atoms with van der Waals surface area (Å²) in [6.45, 7) is 1.58. The molecule has 0 atom stereocenters. The van der Waals surface area contributed by atoms with E-state index in [1.54, 1.807) is 6.92 Å². The van der Waals surface area contributed by atoms with E-state index in [1.807, 2.05) is 0 Å². The van der Waals surface area contributed by atoms with Crippen molar-refractivity contribution in [3.63, 3.8) is 0 Å². The summed E-state index contributed by atoms with van der Waals surface area (Å²) in [5.41, 5.74) is 0.252. The number of hydrogen-bond acceptors (Lipinski definition) is 5. The third-order valence-electron chi connectivity index (χ3n) is 2.03. The third-order valence-corrected chi connectivity index (χ3v) is 3.23. The monoisotopic (exact) mass is 312 g/mol. The molecule has 6 nitrogen and oxygen atoms in total. The van der Waals surface area contributed by atoms with Crippen LogP contribution in [0.1, 0.15) is 15.9 Å². The Hall–Kier alpha value is -1.84. The normalized spacial score (nSPS) is 12.1. The SMILES string of the molecule is COc1ncc(C)cc1C(=O)NS(=O)(=O)CC(F)(F)F. The molecule has 0 saturated heterocycles. The van der Waals surface area contributed by atoms with Gasteiger partial charge >= 0.3 is 6.18 Å². The summed E-state index contributed by atoms with van der Waals surface area (Å²) in [6.07, 6.45) is -3.58. The number of halogens is 3. The summed E-state index contributed by atoms with van der Waals surface area (Å²) in [4.78, 5) is 15.4. The van der Waals surface area contributed by atoms with Crippen LogP contribution in [0, 0.1) is 6.92 Å². The Balaban J connectivity index is 3.00. The number of hydrogen-bond donors (Lipinski definition) is 1. The van der Waals surface area contributed by atoms with Crippen molar-refractivity contribution < 1.29 is 31.1 Å². The third kappa shape index (κ3) is 4.68. The zero-order valence-electron chi connectivity index (χ0n) is 10.5. The molecule has 1 rings (SSSR count). The van der Waals surface area contributed by atoms with E-state index in [0.717, 1.165) is 0 Å². The van der Waals surface area contributed by atoms with E-state index < -0.39 is 27.9 Å². The lowest BCUT2D eigenvalue weighted by Crippen LogP contribution is -2.37. The minimum Gasteiger partial charge on any atom is -0.480 e. The van der Waals surface area contributed by atoms with Gasteiger partial charge in [0.05, 0.1) is 7.11 Å². The van der Waals surface area contributed by atoms with E-state index in [2.05, 4.69) is 4.98 Å². The number of amides is 1. The molecule has 0 aliphatic carbocycles. The summed E-state index contributed by atoms with van der Waals surface area (Å²) in [6, 6.07) is 1.25. The Morgan fingerprint density at radius 3 is 2.55 bits per heavy atom. The van der Waals surface area contributed by atoms with Crippen LogP contribution < -0.4 is 9.46 Å². The molecule has 0 saturated carbocycles. The highest BCUT2D eigenvalue weighted by molar-refractivity contribution is 7.90. The fourth-order valence-corrected chi connectivity index (χ4v) is 2.23. The standard InChI is InChI=1S/C10H11F3N2O4S/c1-6-3-7(9(19-2)14-4-6)8(16)15-20(17,18)5-10(11,12)13/h3-4H,5H2,1-2H3,(H,15,16). The zero-order chi connectivity index (χ0) is 15.6. The van der Waals surface area contributed by atoms with Crippen LogP contribution in [0.2, 0.25) is 0 Å². The number of nitrogens with zero attached hydrogens (tertiary/aromatic N) is 1. The molecule has 20 heavy (non-hydrogen) atoms. The van der Waals surface area contributed by atoms with Gasteiger partial charge in [0.2, 0.25) is 15.9 Å². The van der Waals surface area contributed by atoms with Crippen molar-refractivity contribution in [1.82, 2.24) is 9.71 Å². The average Bonchev–Trinajstić information content (AvgIpc) is 2.24. The molecule has 10 heteroatoms. The fourth-order valence-electron chi connectivity index (χ4n) is 1.33. The van der Waals surface area contributed by atoms with Crippen molar-refractivity contribution in [3.05, 3.63) is 23.4 Å². The number of alkyl halides is 3. The van der Waals surface area contributed by atoms with E-state index >= 15 is 0 Å². The summed E-state index contributed by atoms with van der Waals surface area (Å²) in [5, 5.41) is 0. The van der Waals surface area contributed by atoms with Crippen molar-refractivity contribution in [3.8, 4) is 5.88 Å². The van der Waals surface area contributed by atoms with Gasteiger partial charge < -0.3 is 4.74 Å².